The molecular weight excluding hydrogens is 300 g/mol. The fourth-order valence-electron chi connectivity index (χ4n) is 2.22. The molecule has 0 spiro atoms. The first-order chi connectivity index (χ1) is 11.0. The number of amides is 1. The van der Waals surface area contributed by atoms with Crippen LogP contribution >= 0.6 is 0 Å². The van der Waals surface area contributed by atoms with Gasteiger partial charge in [0.15, 0.2) is 0 Å². The highest BCUT2D eigenvalue weighted by Crippen LogP contribution is 2.31. The number of nitro benzene ring substituents is 1. The second-order valence-corrected chi connectivity index (χ2v) is 4.70. The topological polar surface area (TPSA) is 90.7 Å². The number of methoxy groups -OCH3 is 2. The highest BCUT2D eigenvalue weighted by atomic mass is 16.6. The number of hydrogen-bond donors (Lipinski definition) is 1. The summed E-state index contributed by atoms with van der Waals surface area (Å²) < 4.78 is 10.4. The smallest absolute Gasteiger partial charge is 0.274 e. The third-order valence-corrected chi connectivity index (χ3v) is 3.40. The molecule has 0 unspecified atom stereocenters. The SMILES string of the molecule is COc1cccc(OC)c1C(=O)Nc1cccc([N+](=O)[O-])c1C. The molecule has 2 rings (SSSR count). The molecule has 0 aliphatic heterocycles. The van der Waals surface area contributed by atoms with E-state index in [0.29, 0.717) is 22.7 Å². The van der Waals surface area contributed by atoms with Crippen LogP contribution in [0, 0.1) is 17.0 Å². The lowest BCUT2D eigenvalue weighted by molar-refractivity contribution is -0.385. The van der Waals surface area contributed by atoms with Crippen LogP contribution in [0.3, 0.4) is 0 Å². The van der Waals surface area contributed by atoms with Gasteiger partial charge in [-0.05, 0) is 25.1 Å². The molecule has 0 bridgehead atoms. The average Bonchev–Trinajstić information content (AvgIpc) is 2.55. The number of rotatable bonds is 5. The Bertz CT molecular complexity index is 736. The molecule has 23 heavy (non-hydrogen) atoms. The molecule has 0 aromatic heterocycles. The van der Waals surface area contributed by atoms with Crippen LogP contribution in [0.1, 0.15) is 15.9 Å². The summed E-state index contributed by atoms with van der Waals surface area (Å²) in [6.45, 7) is 1.58. The zero-order chi connectivity index (χ0) is 17.0. The van der Waals surface area contributed by atoms with Crippen molar-refractivity contribution in [3.8, 4) is 11.5 Å². The van der Waals surface area contributed by atoms with E-state index in [1.165, 1.54) is 26.4 Å². The van der Waals surface area contributed by atoms with Gasteiger partial charge in [-0.15, -0.1) is 0 Å². The first-order valence-electron chi connectivity index (χ1n) is 6.76. The van der Waals surface area contributed by atoms with Crippen molar-refractivity contribution in [1.82, 2.24) is 0 Å². The highest BCUT2D eigenvalue weighted by molar-refractivity contribution is 6.08. The summed E-state index contributed by atoms with van der Waals surface area (Å²) >= 11 is 0. The first-order valence-corrected chi connectivity index (χ1v) is 6.76. The van der Waals surface area contributed by atoms with Crippen LogP contribution in [0.5, 0.6) is 11.5 Å². The number of carbonyl (C=O) groups is 1. The molecule has 120 valence electrons. The normalized spacial score (nSPS) is 10.0. The van der Waals surface area contributed by atoms with Crippen LogP contribution < -0.4 is 14.8 Å². The van der Waals surface area contributed by atoms with Crippen molar-refractivity contribution in [2.75, 3.05) is 19.5 Å². The van der Waals surface area contributed by atoms with E-state index in [-0.39, 0.29) is 11.3 Å². The first kappa shape index (κ1) is 16.3. The lowest BCUT2D eigenvalue weighted by Crippen LogP contribution is -2.15. The molecule has 0 atom stereocenters. The lowest BCUT2D eigenvalue weighted by atomic mass is 10.1. The molecule has 0 heterocycles. The van der Waals surface area contributed by atoms with E-state index in [2.05, 4.69) is 5.32 Å². The Morgan fingerprint density at radius 2 is 1.65 bits per heavy atom. The Hall–Kier alpha value is -3.09. The van der Waals surface area contributed by atoms with Crippen LogP contribution in [0.15, 0.2) is 36.4 Å². The summed E-state index contributed by atoms with van der Waals surface area (Å²) in [5, 5.41) is 13.7. The van der Waals surface area contributed by atoms with Gasteiger partial charge in [-0.1, -0.05) is 12.1 Å². The number of nitrogens with one attached hydrogen (secondary N) is 1. The molecule has 2 aromatic rings. The number of carbonyl (C=O) groups excluding carboxylic acids is 1. The van der Waals surface area contributed by atoms with Crippen LogP contribution in [0.2, 0.25) is 0 Å². The number of ether oxygens (including phenoxy) is 2. The van der Waals surface area contributed by atoms with Crippen molar-refractivity contribution in [1.29, 1.82) is 0 Å². The number of benzene rings is 2. The van der Waals surface area contributed by atoms with E-state index in [0.717, 1.165) is 0 Å². The van der Waals surface area contributed by atoms with E-state index in [1.807, 2.05) is 0 Å². The molecule has 0 saturated heterocycles. The van der Waals surface area contributed by atoms with Gasteiger partial charge >= 0.3 is 0 Å². The predicted octanol–water partition coefficient (Wildman–Crippen LogP) is 3.17. The second-order valence-electron chi connectivity index (χ2n) is 4.70. The van der Waals surface area contributed by atoms with Crippen LogP contribution in [0.4, 0.5) is 11.4 Å². The van der Waals surface area contributed by atoms with Gasteiger partial charge in [0.1, 0.15) is 17.1 Å². The molecule has 1 amide bonds. The van der Waals surface area contributed by atoms with Gasteiger partial charge in [0.25, 0.3) is 11.6 Å². The maximum Gasteiger partial charge on any atom is 0.274 e. The number of nitro groups is 1. The standard InChI is InChI=1S/C16H16N2O5/c1-10-11(6-4-7-12(10)18(20)21)17-16(19)15-13(22-2)8-5-9-14(15)23-3/h4-9H,1-3H3,(H,17,19). The number of hydrogen-bond acceptors (Lipinski definition) is 5. The Labute approximate surface area is 133 Å². The van der Waals surface area contributed by atoms with E-state index in [9.17, 15) is 14.9 Å². The Balaban J connectivity index is 2.41. The van der Waals surface area contributed by atoms with E-state index >= 15 is 0 Å². The fraction of sp³-hybridized carbons (Fsp3) is 0.188. The average molecular weight is 316 g/mol. The Morgan fingerprint density at radius 1 is 1.09 bits per heavy atom. The van der Waals surface area contributed by atoms with Gasteiger partial charge in [-0.2, -0.15) is 0 Å². The Morgan fingerprint density at radius 3 is 2.17 bits per heavy atom. The molecule has 0 fully saturated rings. The quantitative estimate of drug-likeness (QED) is 0.676. The lowest BCUT2D eigenvalue weighted by Gasteiger charge is -2.14. The van der Waals surface area contributed by atoms with Crippen LogP contribution in [0.25, 0.3) is 0 Å². The van der Waals surface area contributed by atoms with Gasteiger partial charge in [0, 0.05) is 6.07 Å². The van der Waals surface area contributed by atoms with Crippen molar-refractivity contribution >= 4 is 17.3 Å². The largest absolute Gasteiger partial charge is 0.496 e. The van der Waals surface area contributed by atoms with E-state index in [1.54, 1.807) is 31.2 Å². The molecule has 7 heteroatoms. The minimum Gasteiger partial charge on any atom is -0.496 e. The molecule has 0 radical (unpaired) electrons. The zero-order valence-corrected chi connectivity index (χ0v) is 13.0. The summed E-state index contributed by atoms with van der Waals surface area (Å²) in [7, 11) is 2.90. The zero-order valence-electron chi connectivity index (χ0n) is 13.0. The highest BCUT2D eigenvalue weighted by Gasteiger charge is 2.20. The summed E-state index contributed by atoms with van der Waals surface area (Å²) in [5.41, 5.74) is 0.898. The molecule has 0 saturated carbocycles. The third-order valence-electron chi connectivity index (χ3n) is 3.40. The minimum absolute atomic E-state index is 0.0604. The van der Waals surface area contributed by atoms with E-state index < -0.39 is 10.8 Å². The van der Waals surface area contributed by atoms with Gasteiger partial charge in [0.2, 0.25) is 0 Å². The predicted molar refractivity (Wildman–Crippen MR) is 85.3 cm³/mol. The van der Waals surface area contributed by atoms with Gasteiger partial charge in [-0.3, -0.25) is 14.9 Å². The minimum atomic E-state index is -0.491. The van der Waals surface area contributed by atoms with Gasteiger partial charge in [-0.25, -0.2) is 0 Å². The molecular formula is C16H16N2O5. The van der Waals surface area contributed by atoms with Crippen molar-refractivity contribution < 1.29 is 19.2 Å². The summed E-state index contributed by atoms with van der Waals surface area (Å²) in [6, 6.07) is 9.47. The maximum absolute atomic E-state index is 12.6. The summed E-state index contributed by atoms with van der Waals surface area (Å²) in [5.74, 6) is 0.234. The summed E-state index contributed by atoms with van der Waals surface area (Å²) in [6.07, 6.45) is 0. The van der Waals surface area contributed by atoms with Crippen molar-refractivity contribution in [2.45, 2.75) is 6.92 Å². The number of anilines is 1. The Kier molecular flexibility index (Phi) is 4.80. The molecule has 0 aliphatic rings. The maximum atomic E-state index is 12.6. The van der Waals surface area contributed by atoms with Crippen LogP contribution in [-0.4, -0.2) is 25.1 Å². The van der Waals surface area contributed by atoms with Crippen LogP contribution in [-0.2, 0) is 0 Å². The molecule has 0 aliphatic carbocycles. The van der Waals surface area contributed by atoms with Crippen molar-refractivity contribution in [3.05, 3.63) is 57.6 Å². The third kappa shape index (κ3) is 3.23. The molecule has 7 nitrogen and oxygen atoms in total. The monoisotopic (exact) mass is 316 g/mol. The van der Waals surface area contributed by atoms with Gasteiger partial charge in [0.05, 0.1) is 30.4 Å². The second kappa shape index (κ2) is 6.78. The molecule has 1 N–H and O–H groups in total. The fourth-order valence-corrected chi connectivity index (χ4v) is 2.22. The number of nitrogens with zero attached hydrogens (tertiary/aromatic N) is 1. The van der Waals surface area contributed by atoms with Crippen molar-refractivity contribution in [2.24, 2.45) is 0 Å². The molecule has 2 aromatic carbocycles. The van der Waals surface area contributed by atoms with Gasteiger partial charge < -0.3 is 14.8 Å². The van der Waals surface area contributed by atoms with E-state index in [4.69, 9.17) is 9.47 Å². The summed E-state index contributed by atoms with van der Waals surface area (Å²) in [4.78, 5) is 23.1. The van der Waals surface area contributed by atoms with Crippen molar-refractivity contribution in [3.63, 3.8) is 0 Å².